The number of rotatable bonds is 7. The number of aliphatic imine (C=N–C) groups is 1. The van der Waals surface area contributed by atoms with Gasteiger partial charge in [-0.15, -0.1) is 24.0 Å². The van der Waals surface area contributed by atoms with Crippen molar-refractivity contribution in [1.29, 1.82) is 0 Å². The number of hydrogen-bond acceptors (Lipinski definition) is 2. The van der Waals surface area contributed by atoms with E-state index in [2.05, 4.69) is 29.4 Å². The second-order valence-corrected chi connectivity index (χ2v) is 5.10. The molecule has 0 heterocycles. The molecule has 0 unspecified atom stereocenters. The van der Waals surface area contributed by atoms with Crippen molar-refractivity contribution in [1.82, 2.24) is 0 Å². The van der Waals surface area contributed by atoms with E-state index in [-0.39, 0.29) is 29.8 Å². The lowest BCUT2D eigenvalue weighted by molar-refractivity contribution is 0.313. The van der Waals surface area contributed by atoms with Crippen molar-refractivity contribution < 1.29 is 9.13 Å². The van der Waals surface area contributed by atoms with Gasteiger partial charge in [0.15, 0.2) is 5.96 Å². The smallest absolute Gasteiger partial charge is 0.193 e. The number of anilines is 1. The molecule has 4 nitrogen and oxygen atoms in total. The molecular formula is C18H23FIN3O. The van der Waals surface area contributed by atoms with Crippen LogP contribution in [0.15, 0.2) is 53.5 Å². The van der Waals surface area contributed by atoms with E-state index < -0.39 is 0 Å². The standard InChI is InChI=1S/C18H22FN3O.HI/c1-2-14-5-3-6-16(13-14)22-18(20)21-11-4-12-23-17-9-7-15(19)8-10-17;/h3,5-10,13H,2,4,11-12H2,1H3,(H3,20,21,22);1H. The molecule has 2 rings (SSSR count). The summed E-state index contributed by atoms with van der Waals surface area (Å²) in [5.74, 6) is 0.769. The van der Waals surface area contributed by atoms with E-state index in [9.17, 15) is 4.39 Å². The number of ether oxygens (including phenoxy) is 1. The SMILES string of the molecule is CCc1cccc(NC(N)=NCCCOc2ccc(F)cc2)c1.I. The second kappa shape index (κ2) is 10.9. The van der Waals surface area contributed by atoms with Crippen LogP contribution in [0.5, 0.6) is 5.75 Å². The molecule has 0 saturated heterocycles. The number of nitrogens with zero attached hydrogens (tertiary/aromatic N) is 1. The summed E-state index contributed by atoms with van der Waals surface area (Å²) in [7, 11) is 0. The molecule has 0 fully saturated rings. The summed E-state index contributed by atoms with van der Waals surface area (Å²) in [5, 5.41) is 3.08. The molecular weight excluding hydrogens is 420 g/mol. The molecule has 0 radical (unpaired) electrons. The number of benzene rings is 2. The van der Waals surface area contributed by atoms with Gasteiger partial charge < -0.3 is 15.8 Å². The fraction of sp³-hybridized carbons (Fsp3) is 0.278. The first-order valence-corrected chi connectivity index (χ1v) is 7.71. The van der Waals surface area contributed by atoms with E-state index >= 15 is 0 Å². The fourth-order valence-electron chi connectivity index (χ4n) is 2.04. The Kier molecular flexibility index (Phi) is 9.14. The molecule has 6 heteroatoms. The highest BCUT2D eigenvalue weighted by molar-refractivity contribution is 14.0. The van der Waals surface area contributed by atoms with E-state index in [1.807, 2.05) is 12.1 Å². The number of nitrogens with two attached hydrogens (primary N) is 1. The fourth-order valence-corrected chi connectivity index (χ4v) is 2.04. The Hall–Kier alpha value is -1.83. The van der Waals surface area contributed by atoms with E-state index in [4.69, 9.17) is 10.5 Å². The zero-order valence-electron chi connectivity index (χ0n) is 13.7. The van der Waals surface area contributed by atoms with E-state index in [0.29, 0.717) is 24.9 Å². The first kappa shape index (κ1) is 20.2. The Labute approximate surface area is 159 Å². The second-order valence-electron chi connectivity index (χ2n) is 5.10. The lowest BCUT2D eigenvalue weighted by atomic mass is 10.1. The van der Waals surface area contributed by atoms with Crippen LogP contribution >= 0.6 is 24.0 Å². The van der Waals surface area contributed by atoms with E-state index in [0.717, 1.165) is 18.5 Å². The van der Waals surface area contributed by atoms with Gasteiger partial charge in [-0.05, 0) is 48.4 Å². The van der Waals surface area contributed by atoms with Gasteiger partial charge in [0, 0.05) is 18.7 Å². The number of nitrogens with one attached hydrogen (secondary N) is 1. The molecule has 130 valence electrons. The highest BCUT2D eigenvalue weighted by Crippen LogP contribution is 2.12. The first-order chi connectivity index (χ1) is 11.2. The molecule has 24 heavy (non-hydrogen) atoms. The maximum atomic E-state index is 12.8. The molecule has 0 amide bonds. The van der Waals surface area contributed by atoms with Crippen LogP contribution in [0.3, 0.4) is 0 Å². The lowest BCUT2D eigenvalue weighted by Gasteiger charge is -2.07. The summed E-state index contributed by atoms with van der Waals surface area (Å²) < 4.78 is 18.2. The lowest BCUT2D eigenvalue weighted by Crippen LogP contribution is -2.23. The van der Waals surface area contributed by atoms with Gasteiger partial charge in [-0.25, -0.2) is 4.39 Å². The summed E-state index contributed by atoms with van der Waals surface area (Å²) >= 11 is 0. The van der Waals surface area contributed by atoms with Gasteiger partial charge in [-0.1, -0.05) is 19.1 Å². The third-order valence-electron chi connectivity index (χ3n) is 3.27. The molecule has 0 saturated carbocycles. The number of aryl methyl sites for hydroxylation is 1. The van der Waals surface area contributed by atoms with Crippen LogP contribution in [-0.2, 0) is 6.42 Å². The van der Waals surface area contributed by atoms with Crippen molar-refractivity contribution in [2.24, 2.45) is 10.7 Å². The quantitative estimate of drug-likeness (QED) is 0.292. The van der Waals surface area contributed by atoms with Crippen molar-refractivity contribution in [2.45, 2.75) is 19.8 Å². The van der Waals surface area contributed by atoms with Gasteiger partial charge in [-0.2, -0.15) is 0 Å². The minimum atomic E-state index is -0.270. The Morgan fingerprint density at radius 3 is 2.67 bits per heavy atom. The Balaban J connectivity index is 0.00000288. The van der Waals surface area contributed by atoms with Crippen LogP contribution in [0, 0.1) is 5.82 Å². The van der Waals surface area contributed by atoms with Crippen molar-refractivity contribution in [2.75, 3.05) is 18.5 Å². The predicted molar refractivity (Wildman–Crippen MR) is 108 cm³/mol. The van der Waals surface area contributed by atoms with Crippen molar-refractivity contribution in [3.05, 3.63) is 59.9 Å². The summed E-state index contributed by atoms with van der Waals surface area (Å²) in [6, 6.07) is 14.0. The normalized spacial score (nSPS) is 10.8. The van der Waals surface area contributed by atoms with Gasteiger partial charge in [0.25, 0.3) is 0 Å². The summed E-state index contributed by atoms with van der Waals surface area (Å²) in [5.41, 5.74) is 8.05. The Bertz CT molecular complexity index is 647. The average Bonchev–Trinajstić information content (AvgIpc) is 2.56. The van der Waals surface area contributed by atoms with E-state index in [1.165, 1.54) is 17.7 Å². The number of halogens is 2. The molecule has 0 bridgehead atoms. The van der Waals surface area contributed by atoms with Crippen molar-refractivity contribution in [3.8, 4) is 5.75 Å². The molecule has 0 aliphatic heterocycles. The average molecular weight is 443 g/mol. The van der Waals surface area contributed by atoms with Gasteiger partial charge in [0.05, 0.1) is 6.61 Å². The summed E-state index contributed by atoms with van der Waals surface area (Å²) in [6.45, 7) is 3.18. The summed E-state index contributed by atoms with van der Waals surface area (Å²) in [6.07, 6.45) is 1.71. The van der Waals surface area contributed by atoms with Crippen LogP contribution in [0.4, 0.5) is 10.1 Å². The van der Waals surface area contributed by atoms with Crippen LogP contribution in [0.1, 0.15) is 18.9 Å². The van der Waals surface area contributed by atoms with Crippen LogP contribution in [-0.4, -0.2) is 19.1 Å². The molecule has 0 spiro atoms. The topological polar surface area (TPSA) is 59.6 Å². The molecule has 0 aliphatic rings. The molecule has 2 aromatic rings. The van der Waals surface area contributed by atoms with Gasteiger partial charge >= 0.3 is 0 Å². The molecule has 0 aliphatic carbocycles. The first-order valence-electron chi connectivity index (χ1n) is 7.71. The molecule has 2 aromatic carbocycles. The van der Waals surface area contributed by atoms with Crippen LogP contribution in [0.25, 0.3) is 0 Å². The Morgan fingerprint density at radius 2 is 1.96 bits per heavy atom. The van der Waals surface area contributed by atoms with Gasteiger partial charge in [0.1, 0.15) is 11.6 Å². The maximum Gasteiger partial charge on any atom is 0.193 e. The largest absolute Gasteiger partial charge is 0.494 e. The minimum Gasteiger partial charge on any atom is -0.494 e. The van der Waals surface area contributed by atoms with Crippen LogP contribution < -0.4 is 15.8 Å². The molecule has 0 aromatic heterocycles. The molecule has 0 atom stereocenters. The molecule has 3 N–H and O–H groups in total. The zero-order chi connectivity index (χ0) is 16.5. The van der Waals surface area contributed by atoms with Gasteiger partial charge in [0.2, 0.25) is 0 Å². The van der Waals surface area contributed by atoms with E-state index in [1.54, 1.807) is 12.1 Å². The monoisotopic (exact) mass is 443 g/mol. The predicted octanol–water partition coefficient (Wildman–Crippen LogP) is 4.20. The Morgan fingerprint density at radius 1 is 1.21 bits per heavy atom. The van der Waals surface area contributed by atoms with Crippen molar-refractivity contribution >= 4 is 35.6 Å². The number of hydrogen-bond donors (Lipinski definition) is 2. The van der Waals surface area contributed by atoms with Gasteiger partial charge in [-0.3, -0.25) is 4.99 Å². The van der Waals surface area contributed by atoms with Crippen LogP contribution in [0.2, 0.25) is 0 Å². The zero-order valence-corrected chi connectivity index (χ0v) is 16.0. The third-order valence-corrected chi connectivity index (χ3v) is 3.27. The minimum absolute atomic E-state index is 0. The number of guanidine groups is 1. The summed E-state index contributed by atoms with van der Waals surface area (Å²) in [4.78, 5) is 4.26. The maximum absolute atomic E-state index is 12.8. The highest BCUT2D eigenvalue weighted by Gasteiger charge is 1.97. The van der Waals surface area contributed by atoms with Crippen molar-refractivity contribution in [3.63, 3.8) is 0 Å². The third kappa shape index (κ3) is 7.16. The highest BCUT2D eigenvalue weighted by atomic mass is 127.